The topological polar surface area (TPSA) is 73.0 Å². The minimum Gasteiger partial charge on any atom is -0.452 e. The van der Waals surface area contributed by atoms with Crippen molar-refractivity contribution in [3.63, 3.8) is 0 Å². The lowest BCUT2D eigenvalue weighted by Gasteiger charge is -2.10. The van der Waals surface area contributed by atoms with Gasteiger partial charge < -0.3 is 14.3 Å². The van der Waals surface area contributed by atoms with E-state index in [1.807, 2.05) is 29.1 Å². The van der Waals surface area contributed by atoms with Gasteiger partial charge in [-0.15, -0.1) is 0 Å². The van der Waals surface area contributed by atoms with Gasteiger partial charge in [0.25, 0.3) is 0 Å². The number of imidazole rings is 2. The fraction of sp³-hybridized carbons (Fsp3) is 0.294. The van der Waals surface area contributed by atoms with E-state index in [2.05, 4.69) is 19.9 Å². The normalized spacial score (nSPS) is 14.5. The quantitative estimate of drug-likeness (QED) is 0.570. The third-order valence-electron chi connectivity index (χ3n) is 4.68. The molecule has 4 aromatic rings. The van der Waals surface area contributed by atoms with Crippen LogP contribution in [0.5, 0.6) is 11.5 Å². The van der Waals surface area contributed by atoms with Crippen molar-refractivity contribution in [1.82, 2.24) is 28.9 Å². The summed E-state index contributed by atoms with van der Waals surface area (Å²) in [7, 11) is 1.92. The maximum Gasteiger partial charge on any atom is 0.179 e. The van der Waals surface area contributed by atoms with Crippen LogP contribution in [0.3, 0.4) is 0 Å². The summed E-state index contributed by atoms with van der Waals surface area (Å²) in [5.74, 6) is 2.95. The van der Waals surface area contributed by atoms with Gasteiger partial charge in [0.2, 0.25) is 0 Å². The second-order valence-electron chi connectivity index (χ2n) is 6.44. The number of aromatic nitrogens is 6. The maximum atomic E-state index is 6.08. The fourth-order valence-electron chi connectivity index (χ4n) is 3.17. The number of aryl methyl sites for hydroxylation is 2. The van der Waals surface area contributed by atoms with Gasteiger partial charge >= 0.3 is 0 Å². The van der Waals surface area contributed by atoms with Gasteiger partial charge in [0.1, 0.15) is 5.82 Å². The molecule has 0 radical (unpaired) electrons. The molecular weight excluding hydrogens is 336 g/mol. The van der Waals surface area contributed by atoms with Crippen molar-refractivity contribution >= 4 is 29.0 Å². The van der Waals surface area contributed by atoms with E-state index in [9.17, 15) is 0 Å². The van der Waals surface area contributed by atoms with Crippen LogP contribution in [0.25, 0.3) is 16.8 Å². The van der Waals surface area contributed by atoms with Gasteiger partial charge in [0.05, 0.1) is 30.3 Å². The molecule has 0 atom stereocenters. The zero-order valence-electron chi connectivity index (χ0n) is 13.9. The first-order valence-corrected chi connectivity index (χ1v) is 8.58. The Hall–Kier alpha value is -2.74. The molecule has 0 amide bonds. The number of nitrogens with zero attached hydrogens (tertiary/aromatic N) is 5. The largest absolute Gasteiger partial charge is 0.452 e. The average Bonchev–Trinajstić information content (AvgIpc) is 3.29. The zero-order valence-corrected chi connectivity index (χ0v) is 14.7. The van der Waals surface area contributed by atoms with Crippen molar-refractivity contribution in [1.29, 1.82) is 0 Å². The van der Waals surface area contributed by atoms with E-state index in [0.29, 0.717) is 22.2 Å². The molecule has 1 aliphatic rings. The lowest BCUT2D eigenvalue weighted by molar-refractivity contribution is 0.471. The lowest BCUT2D eigenvalue weighted by Crippen LogP contribution is -1.98. The van der Waals surface area contributed by atoms with Crippen LogP contribution in [-0.4, -0.2) is 28.9 Å². The summed E-state index contributed by atoms with van der Waals surface area (Å²) in [6.45, 7) is 2.00. The smallest absolute Gasteiger partial charge is 0.179 e. The number of nitrogens with one attached hydrogen (secondary N) is 1. The molecular formula is C17H16N6OS. The Kier molecular flexibility index (Phi) is 2.99. The number of ether oxygens (including phenoxy) is 1. The van der Waals surface area contributed by atoms with E-state index in [0.717, 1.165) is 28.2 Å². The molecule has 0 aromatic carbocycles. The van der Waals surface area contributed by atoms with Crippen molar-refractivity contribution in [3.8, 4) is 11.5 Å². The molecule has 1 N–H and O–H groups in total. The first-order chi connectivity index (χ1) is 12.1. The van der Waals surface area contributed by atoms with Crippen molar-refractivity contribution in [3.05, 3.63) is 40.9 Å². The highest BCUT2D eigenvalue weighted by atomic mass is 32.1. The number of H-pyrrole nitrogens is 1. The van der Waals surface area contributed by atoms with Crippen LogP contribution >= 0.6 is 12.2 Å². The Balaban J connectivity index is 1.59. The predicted molar refractivity (Wildman–Crippen MR) is 95.7 cm³/mol. The lowest BCUT2D eigenvalue weighted by atomic mass is 10.2. The van der Waals surface area contributed by atoms with Crippen LogP contribution in [0.2, 0.25) is 0 Å². The van der Waals surface area contributed by atoms with E-state index >= 15 is 0 Å². The van der Waals surface area contributed by atoms with Gasteiger partial charge in [-0.3, -0.25) is 4.40 Å². The highest BCUT2D eigenvalue weighted by Gasteiger charge is 2.28. The van der Waals surface area contributed by atoms with Gasteiger partial charge in [-0.05, 0) is 32.0 Å². The molecule has 0 spiro atoms. The van der Waals surface area contributed by atoms with Crippen molar-refractivity contribution in [2.45, 2.75) is 25.7 Å². The molecule has 0 unspecified atom stereocenters. The molecule has 1 saturated carbocycles. The molecule has 1 fully saturated rings. The fourth-order valence-corrected chi connectivity index (χ4v) is 3.36. The van der Waals surface area contributed by atoms with Crippen LogP contribution in [0, 0.1) is 11.7 Å². The first kappa shape index (κ1) is 14.6. The van der Waals surface area contributed by atoms with Crippen molar-refractivity contribution in [2.24, 2.45) is 7.05 Å². The van der Waals surface area contributed by atoms with Crippen molar-refractivity contribution < 1.29 is 4.74 Å². The second-order valence-corrected chi connectivity index (χ2v) is 6.83. The summed E-state index contributed by atoms with van der Waals surface area (Å²) in [4.78, 5) is 16.5. The Morgan fingerprint density at radius 1 is 1.20 bits per heavy atom. The summed E-state index contributed by atoms with van der Waals surface area (Å²) < 4.78 is 10.6. The van der Waals surface area contributed by atoms with Gasteiger partial charge in [-0.25, -0.2) is 15.0 Å². The molecule has 8 heteroatoms. The minimum atomic E-state index is 0.545. The van der Waals surface area contributed by atoms with Crippen LogP contribution in [-0.2, 0) is 7.05 Å². The van der Waals surface area contributed by atoms with Crippen LogP contribution in [0.15, 0.2) is 24.8 Å². The number of aromatic amines is 1. The molecule has 0 bridgehead atoms. The third kappa shape index (κ3) is 2.25. The molecule has 4 aromatic heterocycles. The Labute approximate surface area is 148 Å². The van der Waals surface area contributed by atoms with E-state index in [1.165, 1.54) is 12.8 Å². The summed E-state index contributed by atoms with van der Waals surface area (Å²) >= 11 is 5.28. The molecule has 5 rings (SSSR count). The number of fused-ring (bicyclic) bond motifs is 2. The Bertz CT molecular complexity index is 1180. The average molecular weight is 352 g/mol. The highest BCUT2D eigenvalue weighted by Crippen LogP contribution is 2.39. The number of rotatable bonds is 3. The van der Waals surface area contributed by atoms with Crippen LogP contribution in [0.1, 0.15) is 30.1 Å². The Morgan fingerprint density at radius 2 is 2.04 bits per heavy atom. The SMILES string of the molecule is Cc1c(Oc2cnc3cnc(C4CC4)n3c2)cnc2[nH]c(=S)n(C)c12. The number of hydrogen-bond donors (Lipinski definition) is 1. The van der Waals surface area contributed by atoms with E-state index in [4.69, 9.17) is 17.0 Å². The molecule has 4 heterocycles. The Morgan fingerprint density at radius 3 is 2.84 bits per heavy atom. The van der Waals surface area contributed by atoms with E-state index in [1.54, 1.807) is 18.6 Å². The highest BCUT2D eigenvalue weighted by molar-refractivity contribution is 7.71. The number of hydrogen-bond acceptors (Lipinski definition) is 5. The predicted octanol–water partition coefficient (Wildman–Crippen LogP) is 3.65. The molecule has 0 aliphatic heterocycles. The van der Waals surface area contributed by atoms with E-state index < -0.39 is 0 Å². The standard InChI is InChI=1S/C17H16N6OS/c1-9-12(6-19-15-14(9)22(2)17(25)21-15)24-11-5-18-13-7-20-16(10-3-4-10)23(13)8-11/h5-8,10H,3-4H2,1-2H3,(H,19,21,25). The monoisotopic (exact) mass is 352 g/mol. The molecule has 25 heavy (non-hydrogen) atoms. The summed E-state index contributed by atoms with van der Waals surface area (Å²) in [6, 6.07) is 0. The van der Waals surface area contributed by atoms with Gasteiger partial charge in [-0.2, -0.15) is 0 Å². The van der Waals surface area contributed by atoms with Crippen LogP contribution in [0.4, 0.5) is 0 Å². The third-order valence-corrected chi connectivity index (χ3v) is 5.06. The maximum absolute atomic E-state index is 6.08. The summed E-state index contributed by atoms with van der Waals surface area (Å²) in [5, 5.41) is 0. The summed E-state index contributed by atoms with van der Waals surface area (Å²) in [5.41, 5.74) is 3.52. The van der Waals surface area contributed by atoms with Gasteiger partial charge in [-0.1, -0.05) is 0 Å². The summed E-state index contributed by atoms with van der Waals surface area (Å²) in [6.07, 6.45) is 9.56. The molecule has 0 saturated heterocycles. The van der Waals surface area contributed by atoms with E-state index in [-0.39, 0.29) is 0 Å². The second kappa shape index (κ2) is 5.13. The molecule has 126 valence electrons. The molecule has 1 aliphatic carbocycles. The minimum absolute atomic E-state index is 0.545. The first-order valence-electron chi connectivity index (χ1n) is 8.17. The number of pyridine rings is 1. The van der Waals surface area contributed by atoms with Crippen LogP contribution < -0.4 is 4.74 Å². The molecule has 7 nitrogen and oxygen atoms in total. The van der Waals surface area contributed by atoms with Gasteiger partial charge in [0.15, 0.2) is 27.6 Å². The zero-order chi connectivity index (χ0) is 17.1. The van der Waals surface area contributed by atoms with Gasteiger partial charge in [0, 0.05) is 18.5 Å². The van der Waals surface area contributed by atoms with Crippen molar-refractivity contribution in [2.75, 3.05) is 0 Å².